The summed E-state index contributed by atoms with van der Waals surface area (Å²) in [6, 6.07) is 5.69. The highest BCUT2D eigenvalue weighted by molar-refractivity contribution is 7.12. The van der Waals surface area contributed by atoms with E-state index in [1.165, 1.54) is 11.5 Å². The molecule has 0 aliphatic rings. The molecule has 0 aliphatic carbocycles. The fourth-order valence-corrected chi connectivity index (χ4v) is 1.76. The number of hydrogen-bond donors (Lipinski definition) is 1. The third-order valence-electron chi connectivity index (χ3n) is 1.95. The van der Waals surface area contributed by atoms with Crippen molar-refractivity contribution in [3.63, 3.8) is 0 Å². The number of fused-ring (bicyclic) bond motifs is 1. The van der Waals surface area contributed by atoms with Gasteiger partial charge >= 0.3 is 0 Å². The predicted molar refractivity (Wildman–Crippen MR) is 52.7 cm³/mol. The van der Waals surface area contributed by atoms with Crippen molar-refractivity contribution >= 4 is 21.7 Å². The minimum Gasteiger partial charge on any atom is -0.386 e. The SMILES string of the molecule is CC(C)(O)c1ccc2nnsc2c1. The second-order valence-corrected chi connectivity index (χ2v) is 4.30. The van der Waals surface area contributed by atoms with Crippen molar-refractivity contribution in [3.8, 4) is 0 Å². The van der Waals surface area contributed by atoms with E-state index in [1.54, 1.807) is 13.8 Å². The summed E-state index contributed by atoms with van der Waals surface area (Å²) >= 11 is 1.35. The lowest BCUT2D eigenvalue weighted by atomic mass is 9.99. The molecule has 0 unspecified atom stereocenters. The molecular weight excluding hydrogens is 184 g/mol. The van der Waals surface area contributed by atoms with Gasteiger partial charge in [0.15, 0.2) is 0 Å². The highest BCUT2D eigenvalue weighted by atomic mass is 32.1. The van der Waals surface area contributed by atoms with Gasteiger partial charge < -0.3 is 5.11 Å². The molecule has 0 saturated heterocycles. The average Bonchev–Trinajstić information content (AvgIpc) is 2.47. The van der Waals surface area contributed by atoms with Gasteiger partial charge in [0, 0.05) is 0 Å². The number of aromatic nitrogens is 2. The van der Waals surface area contributed by atoms with Crippen LogP contribution in [0.5, 0.6) is 0 Å². The zero-order valence-electron chi connectivity index (χ0n) is 7.48. The predicted octanol–water partition coefficient (Wildman–Crippen LogP) is 1.92. The van der Waals surface area contributed by atoms with Crippen LogP contribution in [0.1, 0.15) is 19.4 Å². The summed E-state index contributed by atoms with van der Waals surface area (Å²) in [5.74, 6) is 0. The first-order valence-corrected chi connectivity index (χ1v) is 4.80. The van der Waals surface area contributed by atoms with Crippen LogP contribution in [0, 0.1) is 0 Å². The Kier molecular flexibility index (Phi) is 1.82. The number of nitrogens with zero attached hydrogens (tertiary/aromatic N) is 2. The second-order valence-electron chi connectivity index (χ2n) is 3.51. The van der Waals surface area contributed by atoms with Crippen molar-refractivity contribution in [2.75, 3.05) is 0 Å². The lowest BCUT2D eigenvalue weighted by molar-refractivity contribution is 0.0787. The Balaban J connectivity index is 2.61. The summed E-state index contributed by atoms with van der Waals surface area (Å²) < 4.78 is 4.85. The van der Waals surface area contributed by atoms with Crippen LogP contribution >= 0.6 is 11.5 Å². The van der Waals surface area contributed by atoms with E-state index < -0.39 is 5.60 Å². The van der Waals surface area contributed by atoms with Crippen LogP contribution < -0.4 is 0 Å². The van der Waals surface area contributed by atoms with Gasteiger partial charge in [-0.05, 0) is 43.1 Å². The molecular formula is C9H10N2OS. The van der Waals surface area contributed by atoms with Crippen molar-refractivity contribution in [2.24, 2.45) is 0 Å². The van der Waals surface area contributed by atoms with Gasteiger partial charge in [-0.3, -0.25) is 0 Å². The maximum atomic E-state index is 9.75. The molecule has 2 aromatic rings. The van der Waals surface area contributed by atoms with Crippen molar-refractivity contribution in [1.29, 1.82) is 0 Å². The topological polar surface area (TPSA) is 46.0 Å². The summed E-state index contributed by atoms with van der Waals surface area (Å²) in [4.78, 5) is 0. The van der Waals surface area contributed by atoms with Crippen molar-refractivity contribution in [1.82, 2.24) is 9.59 Å². The third-order valence-corrected chi connectivity index (χ3v) is 2.64. The summed E-state index contributed by atoms with van der Waals surface area (Å²) in [5.41, 5.74) is 0.988. The summed E-state index contributed by atoms with van der Waals surface area (Å²) in [6.45, 7) is 3.53. The molecule has 0 fully saturated rings. The van der Waals surface area contributed by atoms with E-state index in [0.29, 0.717) is 0 Å². The molecule has 4 heteroatoms. The van der Waals surface area contributed by atoms with Gasteiger partial charge in [-0.1, -0.05) is 10.6 Å². The summed E-state index contributed by atoms with van der Waals surface area (Å²) in [6.07, 6.45) is 0. The minimum absolute atomic E-state index is 0.793. The fourth-order valence-electron chi connectivity index (χ4n) is 1.16. The zero-order valence-corrected chi connectivity index (χ0v) is 8.30. The van der Waals surface area contributed by atoms with Gasteiger partial charge in [-0.25, -0.2) is 0 Å². The van der Waals surface area contributed by atoms with E-state index in [0.717, 1.165) is 15.8 Å². The van der Waals surface area contributed by atoms with Crippen LogP contribution in [-0.2, 0) is 5.60 Å². The van der Waals surface area contributed by atoms with Gasteiger partial charge in [0.25, 0.3) is 0 Å². The monoisotopic (exact) mass is 194 g/mol. The van der Waals surface area contributed by atoms with Crippen LogP contribution in [0.15, 0.2) is 18.2 Å². The molecule has 0 bridgehead atoms. The molecule has 0 radical (unpaired) electrons. The van der Waals surface area contributed by atoms with Gasteiger partial charge in [-0.15, -0.1) is 5.10 Å². The highest BCUT2D eigenvalue weighted by Crippen LogP contribution is 2.24. The van der Waals surface area contributed by atoms with Crippen molar-refractivity contribution in [2.45, 2.75) is 19.4 Å². The molecule has 1 heterocycles. The Morgan fingerprint density at radius 3 is 2.85 bits per heavy atom. The molecule has 0 saturated carbocycles. The smallest absolute Gasteiger partial charge is 0.105 e. The van der Waals surface area contributed by atoms with E-state index in [1.807, 2.05) is 18.2 Å². The van der Waals surface area contributed by atoms with E-state index in [4.69, 9.17) is 0 Å². The highest BCUT2D eigenvalue weighted by Gasteiger charge is 2.16. The first kappa shape index (κ1) is 8.59. The van der Waals surface area contributed by atoms with Crippen molar-refractivity contribution in [3.05, 3.63) is 23.8 Å². The molecule has 0 aliphatic heterocycles. The van der Waals surface area contributed by atoms with Crippen LogP contribution in [0.2, 0.25) is 0 Å². The Labute approximate surface area is 80.2 Å². The molecule has 2 rings (SSSR count). The van der Waals surface area contributed by atoms with Gasteiger partial charge in [-0.2, -0.15) is 0 Å². The zero-order chi connectivity index (χ0) is 9.47. The minimum atomic E-state index is -0.793. The number of rotatable bonds is 1. The quantitative estimate of drug-likeness (QED) is 0.754. The van der Waals surface area contributed by atoms with E-state index in [-0.39, 0.29) is 0 Å². The largest absolute Gasteiger partial charge is 0.386 e. The fraction of sp³-hybridized carbons (Fsp3) is 0.333. The maximum Gasteiger partial charge on any atom is 0.105 e. The first-order valence-electron chi connectivity index (χ1n) is 4.02. The van der Waals surface area contributed by atoms with Crippen molar-refractivity contribution < 1.29 is 5.11 Å². The number of benzene rings is 1. The molecule has 0 spiro atoms. The first-order chi connectivity index (χ1) is 6.07. The second kappa shape index (κ2) is 2.75. The Morgan fingerprint density at radius 2 is 2.15 bits per heavy atom. The molecule has 1 aromatic carbocycles. The Hall–Kier alpha value is -1.00. The van der Waals surface area contributed by atoms with Gasteiger partial charge in [0.05, 0.1) is 10.3 Å². The van der Waals surface area contributed by atoms with Crippen LogP contribution in [0.25, 0.3) is 10.2 Å². The molecule has 1 N–H and O–H groups in total. The molecule has 1 aromatic heterocycles. The molecule has 0 atom stereocenters. The Bertz CT molecular complexity index is 430. The summed E-state index contributed by atoms with van der Waals surface area (Å²) in [7, 11) is 0. The molecule has 0 amide bonds. The third kappa shape index (κ3) is 1.55. The van der Waals surface area contributed by atoms with Gasteiger partial charge in [0.1, 0.15) is 5.52 Å². The lowest BCUT2D eigenvalue weighted by Crippen LogP contribution is -2.14. The summed E-state index contributed by atoms with van der Waals surface area (Å²) in [5, 5.41) is 13.7. The lowest BCUT2D eigenvalue weighted by Gasteiger charge is -2.16. The normalized spacial score (nSPS) is 12.2. The van der Waals surface area contributed by atoms with Crippen LogP contribution in [-0.4, -0.2) is 14.7 Å². The van der Waals surface area contributed by atoms with Crippen LogP contribution in [0.4, 0.5) is 0 Å². The maximum absolute atomic E-state index is 9.75. The van der Waals surface area contributed by atoms with E-state index in [2.05, 4.69) is 9.59 Å². The number of hydrogen-bond acceptors (Lipinski definition) is 4. The van der Waals surface area contributed by atoms with E-state index >= 15 is 0 Å². The molecule has 13 heavy (non-hydrogen) atoms. The Morgan fingerprint density at radius 1 is 1.38 bits per heavy atom. The van der Waals surface area contributed by atoms with Crippen LogP contribution in [0.3, 0.4) is 0 Å². The molecule has 3 nitrogen and oxygen atoms in total. The molecule has 68 valence electrons. The van der Waals surface area contributed by atoms with Gasteiger partial charge in [0.2, 0.25) is 0 Å². The average molecular weight is 194 g/mol. The standard InChI is InChI=1S/C9H10N2OS/c1-9(2,12)6-3-4-7-8(5-6)13-11-10-7/h3-5,12H,1-2H3. The number of aliphatic hydroxyl groups is 1. The van der Waals surface area contributed by atoms with E-state index in [9.17, 15) is 5.11 Å².